The molecule has 2 aromatic rings. The minimum Gasteiger partial charge on any atom is -0.494 e. The Morgan fingerprint density at radius 2 is 1.77 bits per heavy atom. The monoisotopic (exact) mass is 411 g/mol. The summed E-state index contributed by atoms with van der Waals surface area (Å²) in [4.78, 5) is 14.5. The van der Waals surface area contributed by atoms with E-state index in [-0.39, 0.29) is 0 Å². The number of anilines is 2. The number of nitrogens with zero attached hydrogens (tertiary/aromatic N) is 1. The molecule has 1 aliphatic heterocycles. The van der Waals surface area contributed by atoms with Crippen molar-refractivity contribution in [2.75, 3.05) is 43.0 Å². The third-order valence-electron chi connectivity index (χ3n) is 5.13. The highest BCUT2D eigenvalue weighted by Crippen LogP contribution is 2.22. The van der Waals surface area contributed by atoms with Crippen LogP contribution in [0.25, 0.3) is 0 Å². The highest BCUT2D eigenvalue weighted by atomic mass is 16.6. The third-order valence-corrected chi connectivity index (χ3v) is 5.13. The van der Waals surface area contributed by atoms with Crippen molar-refractivity contribution in [2.24, 2.45) is 0 Å². The van der Waals surface area contributed by atoms with Gasteiger partial charge >= 0.3 is 6.09 Å². The van der Waals surface area contributed by atoms with Gasteiger partial charge in [0.2, 0.25) is 0 Å². The number of carbonyl (C=O) groups is 1. The van der Waals surface area contributed by atoms with Crippen LogP contribution in [0.4, 0.5) is 16.2 Å². The van der Waals surface area contributed by atoms with E-state index >= 15 is 0 Å². The summed E-state index contributed by atoms with van der Waals surface area (Å²) in [6.45, 7) is 6.76. The highest BCUT2D eigenvalue weighted by molar-refractivity contribution is 5.86. The number of amides is 1. The van der Waals surface area contributed by atoms with Crippen LogP contribution in [-0.2, 0) is 0 Å². The van der Waals surface area contributed by atoms with Crippen molar-refractivity contribution in [3.05, 3.63) is 48.5 Å². The van der Waals surface area contributed by atoms with Crippen molar-refractivity contribution in [3.8, 4) is 11.5 Å². The van der Waals surface area contributed by atoms with Crippen molar-refractivity contribution in [1.82, 2.24) is 5.32 Å². The normalized spacial score (nSPS) is 13.7. The zero-order valence-corrected chi connectivity index (χ0v) is 17.9. The van der Waals surface area contributed by atoms with E-state index in [2.05, 4.69) is 22.5 Å². The molecule has 162 valence electrons. The summed E-state index contributed by atoms with van der Waals surface area (Å²) in [5.41, 5.74) is 1.74. The molecule has 6 heteroatoms. The number of hydrogen-bond donors (Lipinski definition) is 2. The van der Waals surface area contributed by atoms with Crippen molar-refractivity contribution in [3.63, 3.8) is 0 Å². The van der Waals surface area contributed by atoms with Gasteiger partial charge < -0.3 is 19.7 Å². The molecule has 0 bridgehead atoms. The first-order valence-electron chi connectivity index (χ1n) is 11.0. The van der Waals surface area contributed by atoms with Crippen molar-refractivity contribution in [1.29, 1.82) is 0 Å². The van der Waals surface area contributed by atoms with Crippen molar-refractivity contribution >= 4 is 17.5 Å². The fourth-order valence-electron chi connectivity index (χ4n) is 3.45. The van der Waals surface area contributed by atoms with Gasteiger partial charge in [-0.2, -0.15) is 0 Å². The molecule has 1 amide bonds. The molecule has 0 atom stereocenters. The van der Waals surface area contributed by atoms with E-state index in [1.807, 2.05) is 42.5 Å². The number of unbranched alkanes of at least 4 members (excludes halogenated alkanes) is 4. The fraction of sp³-hybridized carbons (Fsp3) is 0.458. The molecule has 1 heterocycles. The molecule has 0 radical (unpaired) electrons. The van der Waals surface area contributed by atoms with E-state index < -0.39 is 6.09 Å². The third kappa shape index (κ3) is 7.26. The lowest BCUT2D eigenvalue weighted by Crippen LogP contribution is -2.43. The molecule has 1 aliphatic rings. The second-order valence-corrected chi connectivity index (χ2v) is 7.54. The molecule has 1 fully saturated rings. The Balaban J connectivity index is 1.43. The lowest BCUT2D eigenvalue weighted by atomic mass is 10.2. The lowest BCUT2D eigenvalue weighted by Gasteiger charge is -2.29. The predicted octanol–water partition coefficient (Wildman–Crippen LogP) is 5.06. The van der Waals surface area contributed by atoms with Crippen LogP contribution in [0.1, 0.15) is 39.0 Å². The first kappa shape index (κ1) is 22.0. The second-order valence-electron chi connectivity index (χ2n) is 7.54. The number of piperazine rings is 1. The standard InChI is InChI=1S/C24H33N3O3/c1-2-3-4-5-6-18-29-22-12-10-20(11-13-22)26-24(28)30-23-9-7-8-21(19-23)27-16-14-25-15-17-27/h7-13,19,25H,2-6,14-18H2,1H3,(H,26,28). The summed E-state index contributed by atoms with van der Waals surface area (Å²) < 4.78 is 11.2. The van der Waals surface area contributed by atoms with E-state index in [0.29, 0.717) is 11.4 Å². The van der Waals surface area contributed by atoms with E-state index in [9.17, 15) is 4.79 Å². The van der Waals surface area contributed by atoms with E-state index in [0.717, 1.165) is 50.6 Å². The molecule has 3 rings (SSSR count). The summed E-state index contributed by atoms with van der Waals surface area (Å²) in [6, 6.07) is 15.0. The maximum atomic E-state index is 12.3. The van der Waals surface area contributed by atoms with Gasteiger partial charge in [-0.1, -0.05) is 38.7 Å². The molecular weight excluding hydrogens is 378 g/mol. The van der Waals surface area contributed by atoms with E-state index in [1.165, 1.54) is 25.7 Å². The van der Waals surface area contributed by atoms with Gasteiger partial charge in [-0.25, -0.2) is 4.79 Å². The smallest absolute Gasteiger partial charge is 0.417 e. The van der Waals surface area contributed by atoms with Crippen LogP contribution in [0.15, 0.2) is 48.5 Å². The number of nitrogens with one attached hydrogen (secondary N) is 2. The molecule has 30 heavy (non-hydrogen) atoms. The predicted molar refractivity (Wildman–Crippen MR) is 122 cm³/mol. The van der Waals surface area contributed by atoms with E-state index in [1.54, 1.807) is 6.07 Å². The number of carbonyl (C=O) groups excluding carboxylic acids is 1. The zero-order chi connectivity index (χ0) is 21.0. The maximum Gasteiger partial charge on any atom is 0.417 e. The zero-order valence-electron chi connectivity index (χ0n) is 17.9. The Morgan fingerprint density at radius 3 is 2.53 bits per heavy atom. The number of benzene rings is 2. The van der Waals surface area contributed by atoms with Gasteiger partial charge in [0.1, 0.15) is 11.5 Å². The molecule has 0 spiro atoms. The molecule has 0 aliphatic carbocycles. The van der Waals surface area contributed by atoms with Crippen LogP contribution in [0.2, 0.25) is 0 Å². The molecule has 1 saturated heterocycles. The van der Waals surface area contributed by atoms with Crippen molar-refractivity contribution in [2.45, 2.75) is 39.0 Å². The average Bonchev–Trinajstić information content (AvgIpc) is 2.78. The Hall–Kier alpha value is -2.73. The lowest BCUT2D eigenvalue weighted by molar-refractivity contribution is 0.215. The van der Waals surface area contributed by atoms with E-state index in [4.69, 9.17) is 9.47 Å². The summed E-state index contributed by atoms with van der Waals surface area (Å²) in [5, 5.41) is 6.10. The van der Waals surface area contributed by atoms with Crippen LogP contribution >= 0.6 is 0 Å². The number of hydrogen-bond acceptors (Lipinski definition) is 5. The minimum atomic E-state index is -0.503. The van der Waals surface area contributed by atoms with Crippen LogP contribution in [-0.4, -0.2) is 38.9 Å². The largest absolute Gasteiger partial charge is 0.494 e. The number of ether oxygens (including phenoxy) is 2. The van der Waals surface area contributed by atoms with Gasteiger partial charge in [-0.15, -0.1) is 0 Å². The Bertz CT molecular complexity index is 774. The molecule has 0 unspecified atom stereocenters. The SMILES string of the molecule is CCCCCCCOc1ccc(NC(=O)Oc2cccc(N3CCNCC3)c2)cc1. The molecule has 6 nitrogen and oxygen atoms in total. The Kier molecular flexibility index (Phi) is 8.84. The van der Waals surface area contributed by atoms with Gasteiger partial charge in [-0.05, 0) is 42.8 Å². The summed E-state index contributed by atoms with van der Waals surface area (Å²) in [5.74, 6) is 1.35. The van der Waals surface area contributed by atoms with Gasteiger partial charge in [0.05, 0.1) is 6.61 Å². The maximum absolute atomic E-state index is 12.3. The molecule has 2 aromatic carbocycles. The molecule has 2 N–H and O–H groups in total. The van der Waals surface area contributed by atoms with Gasteiger partial charge in [-0.3, -0.25) is 5.32 Å². The minimum absolute atomic E-state index is 0.503. The quantitative estimate of drug-likeness (QED) is 0.535. The second kappa shape index (κ2) is 12.1. The first-order chi connectivity index (χ1) is 14.7. The first-order valence-corrected chi connectivity index (χ1v) is 11.0. The highest BCUT2D eigenvalue weighted by Gasteiger charge is 2.12. The summed E-state index contributed by atoms with van der Waals surface area (Å²) >= 11 is 0. The van der Waals surface area contributed by atoms with Crippen molar-refractivity contribution < 1.29 is 14.3 Å². The Morgan fingerprint density at radius 1 is 1.00 bits per heavy atom. The van der Waals surface area contributed by atoms with Gasteiger partial charge in [0.25, 0.3) is 0 Å². The van der Waals surface area contributed by atoms with Gasteiger partial charge in [0, 0.05) is 43.6 Å². The van der Waals surface area contributed by atoms with Crippen LogP contribution < -0.4 is 25.0 Å². The Labute approximate surface area is 179 Å². The average molecular weight is 412 g/mol. The molecule has 0 aromatic heterocycles. The summed E-state index contributed by atoms with van der Waals surface area (Å²) in [7, 11) is 0. The fourth-order valence-corrected chi connectivity index (χ4v) is 3.45. The molecular formula is C24H33N3O3. The van der Waals surface area contributed by atoms with Crippen LogP contribution in [0.3, 0.4) is 0 Å². The number of rotatable bonds is 10. The topological polar surface area (TPSA) is 62.8 Å². The van der Waals surface area contributed by atoms with Crippen LogP contribution in [0.5, 0.6) is 11.5 Å². The van der Waals surface area contributed by atoms with Gasteiger partial charge in [0.15, 0.2) is 0 Å². The summed E-state index contributed by atoms with van der Waals surface area (Å²) in [6.07, 6.45) is 5.57. The molecule has 0 saturated carbocycles. The van der Waals surface area contributed by atoms with Crippen LogP contribution in [0, 0.1) is 0 Å².